The van der Waals surface area contributed by atoms with Crippen LogP contribution in [-0.4, -0.2) is 75.0 Å². The van der Waals surface area contributed by atoms with E-state index in [1.807, 2.05) is 0 Å². The van der Waals surface area contributed by atoms with Crippen LogP contribution in [0.1, 0.15) is 26.7 Å². The van der Waals surface area contributed by atoms with Crippen molar-refractivity contribution in [3.05, 3.63) is 0 Å². The molecule has 3 aliphatic rings. The molecule has 2 N–H and O–H groups in total. The Hall–Kier alpha value is -0.850. The van der Waals surface area contributed by atoms with Crippen LogP contribution < -0.4 is 10.6 Å². The van der Waals surface area contributed by atoms with Gasteiger partial charge in [0.05, 0.1) is 26.4 Å². The molecular weight excluding hydrogens is 280 g/mol. The van der Waals surface area contributed by atoms with Crippen molar-refractivity contribution in [2.45, 2.75) is 44.9 Å². The second-order valence-electron chi connectivity index (χ2n) is 6.70. The number of aliphatic imine (C=N–C) groups is 1. The van der Waals surface area contributed by atoms with Crippen LogP contribution in [0.15, 0.2) is 4.99 Å². The van der Waals surface area contributed by atoms with E-state index in [0.29, 0.717) is 38.3 Å². The molecule has 6 heteroatoms. The summed E-state index contributed by atoms with van der Waals surface area (Å²) in [4.78, 5) is 7.32. The minimum absolute atomic E-state index is 0.0909. The number of likely N-dealkylation sites (tertiary alicyclic amines) is 1. The van der Waals surface area contributed by atoms with Gasteiger partial charge in [-0.3, -0.25) is 9.89 Å². The molecule has 3 unspecified atom stereocenters. The lowest BCUT2D eigenvalue weighted by Crippen LogP contribution is -2.47. The molecule has 22 heavy (non-hydrogen) atoms. The van der Waals surface area contributed by atoms with E-state index in [1.165, 1.54) is 19.4 Å². The first kappa shape index (κ1) is 16.0. The summed E-state index contributed by atoms with van der Waals surface area (Å²) >= 11 is 0. The van der Waals surface area contributed by atoms with E-state index in [-0.39, 0.29) is 6.10 Å². The molecule has 0 aromatic heterocycles. The Morgan fingerprint density at radius 1 is 1.27 bits per heavy atom. The third-order valence-electron chi connectivity index (χ3n) is 4.71. The average Bonchev–Trinajstić information content (AvgIpc) is 3.31. The first-order valence-corrected chi connectivity index (χ1v) is 8.74. The predicted octanol–water partition coefficient (Wildman–Crippen LogP) is 0.440. The van der Waals surface area contributed by atoms with Crippen molar-refractivity contribution in [3.8, 4) is 0 Å². The van der Waals surface area contributed by atoms with E-state index in [2.05, 4.69) is 29.4 Å². The molecule has 1 aliphatic carbocycles. The molecule has 0 amide bonds. The van der Waals surface area contributed by atoms with Gasteiger partial charge in [-0.05, 0) is 25.7 Å². The van der Waals surface area contributed by atoms with Gasteiger partial charge in [0.1, 0.15) is 6.10 Å². The standard InChI is InChI=1S/C16H30N4O2/c1-3-17-16(18-8-14-11-21-6-7-22-14)19-15-10-20(9-12(15)2)13-4-5-13/h12-15H,3-11H2,1-2H3,(H2,17,18,19). The maximum Gasteiger partial charge on any atom is 0.191 e. The molecule has 0 radical (unpaired) electrons. The molecule has 6 nitrogen and oxygen atoms in total. The maximum absolute atomic E-state index is 5.66. The molecule has 1 saturated carbocycles. The summed E-state index contributed by atoms with van der Waals surface area (Å²) in [5.74, 6) is 1.57. The lowest BCUT2D eigenvalue weighted by molar-refractivity contribution is -0.0832. The molecular formula is C16H30N4O2. The molecule has 3 fully saturated rings. The molecule has 0 aromatic carbocycles. The van der Waals surface area contributed by atoms with Crippen molar-refractivity contribution >= 4 is 5.96 Å². The van der Waals surface area contributed by atoms with Gasteiger partial charge in [0.25, 0.3) is 0 Å². The fraction of sp³-hybridized carbons (Fsp3) is 0.938. The molecule has 0 aromatic rings. The summed E-state index contributed by atoms with van der Waals surface area (Å²) in [7, 11) is 0. The summed E-state index contributed by atoms with van der Waals surface area (Å²) in [6, 6.07) is 1.34. The first-order valence-electron chi connectivity index (χ1n) is 8.74. The van der Waals surface area contributed by atoms with E-state index >= 15 is 0 Å². The van der Waals surface area contributed by atoms with E-state index in [9.17, 15) is 0 Å². The van der Waals surface area contributed by atoms with Crippen molar-refractivity contribution < 1.29 is 9.47 Å². The van der Waals surface area contributed by atoms with Crippen molar-refractivity contribution in [2.75, 3.05) is 46.0 Å². The minimum Gasteiger partial charge on any atom is -0.376 e. The Balaban J connectivity index is 1.51. The van der Waals surface area contributed by atoms with Gasteiger partial charge < -0.3 is 20.1 Å². The molecule has 3 rings (SSSR count). The van der Waals surface area contributed by atoms with Crippen molar-refractivity contribution in [3.63, 3.8) is 0 Å². The van der Waals surface area contributed by atoms with Gasteiger partial charge in [-0.2, -0.15) is 0 Å². The quantitative estimate of drug-likeness (QED) is 0.570. The van der Waals surface area contributed by atoms with Crippen LogP contribution in [0.5, 0.6) is 0 Å². The Morgan fingerprint density at radius 2 is 2.14 bits per heavy atom. The molecule has 2 aliphatic heterocycles. The van der Waals surface area contributed by atoms with Crippen LogP contribution in [0.25, 0.3) is 0 Å². The van der Waals surface area contributed by atoms with Gasteiger partial charge in [-0.1, -0.05) is 6.92 Å². The highest BCUT2D eigenvalue weighted by atomic mass is 16.6. The Bertz CT molecular complexity index is 380. The SMILES string of the molecule is CCNC(=NCC1COCCO1)NC1CN(C2CC2)CC1C. The van der Waals surface area contributed by atoms with Gasteiger partial charge in [0, 0.05) is 31.7 Å². The smallest absolute Gasteiger partial charge is 0.191 e. The van der Waals surface area contributed by atoms with Crippen molar-refractivity contribution in [2.24, 2.45) is 10.9 Å². The second kappa shape index (κ2) is 7.62. The fourth-order valence-electron chi connectivity index (χ4n) is 3.26. The maximum atomic E-state index is 5.66. The van der Waals surface area contributed by atoms with Crippen LogP contribution in [0.3, 0.4) is 0 Å². The number of hydrogen-bond donors (Lipinski definition) is 2. The second-order valence-corrected chi connectivity index (χ2v) is 6.70. The highest BCUT2D eigenvalue weighted by molar-refractivity contribution is 5.80. The fourth-order valence-corrected chi connectivity index (χ4v) is 3.26. The monoisotopic (exact) mass is 310 g/mol. The van der Waals surface area contributed by atoms with Crippen LogP contribution in [-0.2, 0) is 9.47 Å². The number of rotatable bonds is 5. The highest BCUT2D eigenvalue weighted by Crippen LogP contribution is 2.31. The van der Waals surface area contributed by atoms with Crippen LogP contribution in [0.2, 0.25) is 0 Å². The van der Waals surface area contributed by atoms with E-state index < -0.39 is 0 Å². The summed E-state index contributed by atoms with van der Waals surface area (Å²) < 4.78 is 11.1. The summed E-state index contributed by atoms with van der Waals surface area (Å²) in [6.07, 6.45) is 2.85. The lowest BCUT2D eigenvalue weighted by Gasteiger charge is -2.23. The zero-order valence-electron chi connectivity index (χ0n) is 13.9. The first-order chi connectivity index (χ1) is 10.8. The van der Waals surface area contributed by atoms with Gasteiger partial charge in [-0.15, -0.1) is 0 Å². The van der Waals surface area contributed by atoms with Crippen LogP contribution in [0.4, 0.5) is 0 Å². The van der Waals surface area contributed by atoms with Gasteiger partial charge in [-0.25, -0.2) is 0 Å². The number of hydrogen-bond acceptors (Lipinski definition) is 4. The number of nitrogens with one attached hydrogen (secondary N) is 2. The molecule has 126 valence electrons. The Kier molecular flexibility index (Phi) is 5.55. The van der Waals surface area contributed by atoms with E-state index in [0.717, 1.165) is 25.1 Å². The topological polar surface area (TPSA) is 58.1 Å². The van der Waals surface area contributed by atoms with Crippen molar-refractivity contribution in [1.82, 2.24) is 15.5 Å². The van der Waals surface area contributed by atoms with Gasteiger partial charge >= 0.3 is 0 Å². The zero-order chi connectivity index (χ0) is 15.4. The summed E-state index contributed by atoms with van der Waals surface area (Å²) in [6.45, 7) is 10.4. The number of ether oxygens (including phenoxy) is 2. The third kappa shape index (κ3) is 4.33. The Labute approximate surface area is 133 Å². The minimum atomic E-state index is 0.0909. The van der Waals surface area contributed by atoms with Gasteiger partial charge in [0.2, 0.25) is 0 Å². The molecule has 0 spiro atoms. The third-order valence-corrected chi connectivity index (χ3v) is 4.71. The average molecular weight is 310 g/mol. The van der Waals surface area contributed by atoms with E-state index in [4.69, 9.17) is 14.5 Å². The predicted molar refractivity (Wildman–Crippen MR) is 87.2 cm³/mol. The highest BCUT2D eigenvalue weighted by Gasteiger charge is 2.38. The molecule has 0 bridgehead atoms. The summed E-state index contributed by atoms with van der Waals surface area (Å²) in [5.41, 5.74) is 0. The van der Waals surface area contributed by atoms with Gasteiger partial charge in [0.15, 0.2) is 5.96 Å². The summed E-state index contributed by atoms with van der Waals surface area (Å²) in [5, 5.41) is 6.97. The molecule has 2 heterocycles. The largest absolute Gasteiger partial charge is 0.376 e. The molecule has 2 saturated heterocycles. The lowest BCUT2D eigenvalue weighted by atomic mass is 10.1. The molecule has 3 atom stereocenters. The van der Waals surface area contributed by atoms with Crippen LogP contribution >= 0.6 is 0 Å². The zero-order valence-corrected chi connectivity index (χ0v) is 13.9. The van der Waals surface area contributed by atoms with Crippen LogP contribution in [0, 0.1) is 5.92 Å². The number of guanidine groups is 1. The number of nitrogens with zero attached hydrogens (tertiary/aromatic N) is 2. The van der Waals surface area contributed by atoms with Crippen molar-refractivity contribution in [1.29, 1.82) is 0 Å². The van der Waals surface area contributed by atoms with E-state index in [1.54, 1.807) is 0 Å². The normalized spacial score (nSPS) is 33.9. The Morgan fingerprint density at radius 3 is 2.82 bits per heavy atom.